The highest BCUT2D eigenvalue weighted by Crippen LogP contribution is 2.30. The molecule has 0 saturated heterocycles. The van der Waals surface area contributed by atoms with Gasteiger partial charge < -0.3 is 10.6 Å². The number of nitrogens with two attached hydrogens (primary N) is 1. The molecule has 0 fully saturated rings. The molecular weight excluding hydrogens is 266 g/mol. The van der Waals surface area contributed by atoms with Gasteiger partial charge >= 0.3 is 0 Å². The number of rotatable bonds is 4. The van der Waals surface area contributed by atoms with E-state index < -0.39 is 0 Å². The number of anilines is 1. The van der Waals surface area contributed by atoms with Crippen molar-refractivity contribution in [2.75, 3.05) is 25.1 Å². The minimum Gasteiger partial charge on any atom is -0.399 e. The Morgan fingerprint density at radius 2 is 2.33 bits per heavy atom. The Morgan fingerprint density at radius 3 is 3.06 bits per heavy atom. The number of carbonyl (C=O) groups is 1. The average molecular weight is 281 g/mol. The second kappa shape index (κ2) is 5.58. The maximum atomic E-state index is 11.7. The molecule has 18 heavy (non-hydrogen) atoms. The minimum atomic E-state index is 0.126. The van der Waals surface area contributed by atoms with Gasteiger partial charge in [0.15, 0.2) is 4.34 Å². The van der Waals surface area contributed by atoms with Crippen molar-refractivity contribution in [3.8, 4) is 0 Å². The van der Waals surface area contributed by atoms with Gasteiger partial charge in [-0.1, -0.05) is 11.8 Å². The van der Waals surface area contributed by atoms with Crippen molar-refractivity contribution >= 4 is 44.9 Å². The van der Waals surface area contributed by atoms with Crippen LogP contribution < -0.4 is 5.73 Å². The van der Waals surface area contributed by atoms with Gasteiger partial charge in [-0.15, -0.1) is 11.3 Å². The lowest BCUT2D eigenvalue weighted by atomic mass is 10.3. The summed E-state index contributed by atoms with van der Waals surface area (Å²) in [6.07, 6.45) is 0. The fraction of sp³-hybridized carbons (Fsp3) is 0.333. The average Bonchev–Trinajstić information content (AvgIpc) is 2.76. The molecule has 0 aliphatic heterocycles. The van der Waals surface area contributed by atoms with Crippen LogP contribution in [-0.2, 0) is 4.79 Å². The summed E-state index contributed by atoms with van der Waals surface area (Å²) in [5.41, 5.74) is 7.40. The van der Waals surface area contributed by atoms with Gasteiger partial charge in [-0.05, 0) is 25.1 Å². The second-order valence-corrected chi connectivity index (χ2v) is 6.16. The molecule has 0 radical (unpaired) electrons. The molecule has 1 amide bonds. The normalized spacial score (nSPS) is 10.8. The fourth-order valence-corrected chi connectivity index (χ4v) is 3.45. The number of benzene rings is 1. The summed E-state index contributed by atoms with van der Waals surface area (Å²) in [6, 6.07) is 5.66. The van der Waals surface area contributed by atoms with Gasteiger partial charge in [0.1, 0.15) is 0 Å². The molecule has 1 heterocycles. The lowest BCUT2D eigenvalue weighted by Crippen LogP contribution is -2.27. The second-order valence-electron chi connectivity index (χ2n) is 3.90. The molecule has 0 aliphatic carbocycles. The molecule has 0 saturated carbocycles. The maximum absolute atomic E-state index is 11.7. The maximum Gasteiger partial charge on any atom is 0.232 e. The standard InChI is InChI=1S/C12H15N3OS2/c1-3-15(2)11(16)7-17-12-14-9-5-4-8(13)6-10(9)18-12/h4-6H,3,7,13H2,1-2H3. The predicted molar refractivity (Wildman–Crippen MR) is 78.1 cm³/mol. The van der Waals surface area contributed by atoms with Crippen molar-refractivity contribution in [3.05, 3.63) is 18.2 Å². The summed E-state index contributed by atoms with van der Waals surface area (Å²) < 4.78 is 1.97. The molecule has 0 spiro atoms. The Kier molecular flexibility index (Phi) is 4.08. The zero-order valence-electron chi connectivity index (χ0n) is 10.3. The Bertz CT molecular complexity index is 567. The van der Waals surface area contributed by atoms with E-state index in [-0.39, 0.29) is 5.91 Å². The molecule has 2 aromatic rings. The third-order valence-electron chi connectivity index (χ3n) is 2.61. The number of thioether (sulfide) groups is 1. The van der Waals surface area contributed by atoms with E-state index >= 15 is 0 Å². The third kappa shape index (κ3) is 2.94. The van der Waals surface area contributed by atoms with Crippen LogP contribution in [0, 0.1) is 0 Å². The van der Waals surface area contributed by atoms with Gasteiger partial charge in [0.05, 0.1) is 16.0 Å². The molecule has 0 atom stereocenters. The van der Waals surface area contributed by atoms with Gasteiger partial charge in [-0.3, -0.25) is 4.79 Å². The van der Waals surface area contributed by atoms with E-state index in [1.165, 1.54) is 11.8 Å². The topological polar surface area (TPSA) is 59.2 Å². The van der Waals surface area contributed by atoms with Crippen molar-refractivity contribution in [1.82, 2.24) is 9.88 Å². The summed E-state index contributed by atoms with van der Waals surface area (Å²) in [5.74, 6) is 0.556. The van der Waals surface area contributed by atoms with Gasteiger partial charge in [0, 0.05) is 19.3 Å². The Morgan fingerprint density at radius 1 is 1.56 bits per heavy atom. The van der Waals surface area contributed by atoms with Crippen molar-refractivity contribution in [1.29, 1.82) is 0 Å². The first-order valence-electron chi connectivity index (χ1n) is 5.63. The summed E-state index contributed by atoms with van der Waals surface area (Å²) >= 11 is 3.05. The molecule has 0 bridgehead atoms. The smallest absolute Gasteiger partial charge is 0.232 e. The van der Waals surface area contributed by atoms with E-state index in [1.807, 2.05) is 32.2 Å². The molecule has 0 aliphatic rings. The van der Waals surface area contributed by atoms with Crippen LogP contribution in [0.4, 0.5) is 5.69 Å². The van der Waals surface area contributed by atoms with Crippen LogP contribution in [0.15, 0.2) is 22.5 Å². The molecule has 0 unspecified atom stereocenters. The van der Waals surface area contributed by atoms with Crippen molar-refractivity contribution in [3.63, 3.8) is 0 Å². The Balaban J connectivity index is 2.06. The minimum absolute atomic E-state index is 0.126. The molecule has 1 aromatic carbocycles. The van der Waals surface area contributed by atoms with E-state index in [0.29, 0.717) is 5.75 Å². The van der Waals surface area contributed by atoms with Crippen molar-refractivity contribution in [2.45, 2.75) is 11.3 Å². The number of amides is 1. The predicted octanol–water partition coefficient (Wildman–Crippen LogP) is 2.45. The summed E-state index contributed by atoms with van der Waals surface area (Å²) in [6.45, 7) is 2.69. The number of nitrogens with zero attached hydrogens (tertiary/aromatic N) is 2. The highest BCUT2D eigenvalue weighted by atomic mass is 32.2. The highest BCUT2D eigenvalue weighted by Gasteiger charge is 2.10. The van der Waals surface area contributed by atoms with Gasteiger partial charge in [-0.25, -0.2) is 4.98 Å². The van der Waals surface area contributed by atoms with Crippen molar-refractivity contribution in [2.24, 2.45) is 0 Å². The zero-order valence-corrected chi connectivity index (χ0v) is 12.0. The SMILES string of the molecule is CCN(C)C(=O)CSc1nc2ccc(N)cc2s1. The zero-order chi connectivity index (χ0) is 13.1. The molecule has 4 nitrogen and oxygen atoms in total. The lowest BCUT2D eigenvalue weighted by Gasteiger charge is -2.12. The Hall–Kier alpha value is -1.27. The van der Waals surface area contributed by atoms with Gasteiger partial charge in [-0.2, -0.15) is 0 Å². The summed E-state index contributed by atoms with van der Waals surface area (Å²) in [5, 5.41) is 0. The first-order chi connectivity index (χ1) is 8.60. The number of hydrogen-bond acceptors (Lipinski definition) is 5. The van der Waals surface area contributed by atoms with E-state index in [4.69, 9.17) is 5.73 Å². The third-order valence-corrected chi connectivity index (χ3v) is 4.76. The van der Waals surface area contributed by atoms with E-state index in [2.05, 4.69) is 4.98 Å². The number of thiazole rings is 1. The van der Waals surface area contributed by atoms with Crippen LogP contribution in [0.3, 0.4) is 0 Å². The molecule has 96 valence electrons. The van der Waals surface area contributed by atoms with E-state index in [0.717, 1.165) is 26.8 Å². The fourth-order valence-electron chi connectivity index (χ4n) is 1.39. The molecule has 2 rings (SSSR count). The van der Waals surface area contributed by atoms with Crippen LogP contribution >= 0.6 is 23.1 Å². The molecule has 6 heteroatoms. The number of fused-ring (bicyclic) bond motifs is 1. The summed E-state index contributed by atoms with van der Waals surface area (Å²) in [4.78, 5) is 17.9. The number of nitrogen functional groups attached to an aromatic ring is 1. The van der Waals surface area contributed by atoms with Gasteiger partial charge in [0.2, 0.25) is 5.91 Å². The van der Waals surface area contributed by atoms with Crippen LogP contribution in [0.1, 0.15) is 6.92 Å². The van der Waals surface area contributed by atoms with E-state index in [9.17, 15) is 4.79 Å². The first-order valence-corrected chi connectivity index (χ1v) is 7.43. The number of hydrogen-bond donors (Lipinski definition) is 1. The largest absolute Gasteiger partial charge is 0.399 e. The quantitative estimate of drug-likeness (QED) is 0.691. The van der Waals surface area contributed by atoms with Crippen LogP contribution in [-0.4, -0.2) is 35.1 Å². The van der Waals surface area contributed by atoms with Crippen LogP contribution in [0.2, 0.25) is 0 Å². The molecule has 2 N–H and O–H groups in total. The Labute approximate surface area is 114 Å². The van der Waals surface area contributed by atoms with Crippen LogP contribution in [0.5, 0.6) is 0 Å². The number of aromatic nitrogens is 1. The van der Waals surface area contributed by atoms with Crippen LogP contribution in [0.25, 0.3) is 10.2 Å². The van der Waals surface area contributed by atoms with Crippen molar-refractivity contribution < 1.29 is 4.79 Å². The first kappa shape index (κ1) is 13.2. The monoisotopic (exact) mass is 281 g/mol. The van der Waals surface area contributed by atoms with E-state index in [1.54, 1.807) is 16.2 Å². The van der Waals surface area contributed by atoms with Gasteiger partial charge in [0.25, 0.3) is 0 Å². The summed E-state index contributed by atoms with van der Waals surface area (Å²) in [7, 11) is 1.81. The highest BCUT2D eigenvalue weighted by molar-refractivity contribution is 8.01. The molecule has 1 aromatic heterocycles. The number of carbonyl (C=O) groups excluding carboxylic acids is 1. The molecular formula is C12H15N3OS2. The lowest BCUT2D eigenvalue weighted by molar-refractivity contribution is -0.126.